The predicted octanol–water partition coefficient (Wildman–Crippen LogP) is 4.02. The van der Waals surface area contributed by atoms with Crippen molar-refractivity contribution in [1.82, 2.24) is 4.90 Å². The summed E-state index contributed by atoms with van der Waals surface area (Å²) in [7, 11) is 3.62. The molecule has 6 heteroatoms. The number of nitrogens with zero attached hydrogens (tertiary/aromatic N) is 2. The lowest BCUT2D eigenvalue weighted by molar-refractivity contribution is 0.102. The highest BCUT2D eigenvalue weighted by Crippen LogP contribution is 2.37. The van der Waals surface area contributed by atoms with Crippen molar-refractivity contribution in [2.75, 3.05) is 26.0 Å². The van der Waals surface area contributed by atoms with Gasteiger partial charge in [-0.25, -0.2) is 0 Å². The topological polar surface area (TPSA) is 65.4 Å². The first-order chi connectivity index (χ1) is 13.1. The van der Waals surface area contributed by atoms with Gasteiger partial charge < -0.3 is 15.0 Å². The van der Waals surface area contributed by atoms with E-state index in [-0.39, 0.29) is 5.91 Å². The van der Waals surface area contributed by atoms with Gasteiger partial charge in [-0.05, 0) is 41.9 Å². The summed E-state index contributed by atoms with van der Waals surface area (Å²) in [6, 6.07) is 13.8. The molecule has 0 saturated heterocycles. The second-order valence-corrected chi connectivity index (χ2v) is 7.77. The number of hydrogen-bond donors (Lipinski definition) is 1. The standard InChI is InChI=1S/C21H19N3O2S/c1-24-8-7-15-17(11-22)21(27-19(15)12-24)23-20(25)16-9-13-5-3-4-6-14(13)10-18(16)26-2/h3-6,9-10H,7-8,12H2,1-2H3,(H,23,25). The van der Waals surface area contributed by atoms with Crippen LogP contribution in [-0.4, -0.2) is 31.5 Å². The van der Waals surface area contributed by atoms with Crippen LogP contribution in [0.1, 0.15) is 26.4 Å². The van der Waals surface area contributed by atoms with Gasteiger partial charge >= 0.3 is 0 Å². The number of nitrogens with one attached hydrogen (secondary N) is 1. The number of methoxy groups -OCH3 is 1. The van der Waals surface area contributed by atoms with Crippen molar-refractivity contribution < 1.29 is 9.53 Å². The van der Waals surface area contributed by atoms with Crippen molar-refractivity contribution in [3.8, 4) is 11.8 Å². The maximum atomic E-state index is 13.0. The highest BCUT2D eigenvalue weighted by atomic mass is 32.1. The van der Waals surface area contributed by atoms with Crippen LogP contribution in [0.5, 0.6) is 5.75 Å². The molecule has 5 nitrogen and oxygen atoms in total. The molecule has 1 aromatic heterocycles. The summed E-state index contributed by atoms with van der Waals surface area (Å²) in [5, 5.41) is 15.2. The van der Waals surface area contributed by atoms with E-state index in [0.717, 1.165) is 40.7 Å². The number of nitriles is 1. The Morgan fingerprint density at radius 1 is 1.30 bits per heavy atom. The Labute approximate surface area is 161 Å². The fourth-order valence-electron chi connectivity index (χ4n) is 3.47. The minimum Gasteiger partial charge on any atom is -0.496 e. The minimum absolute atomic E-state index is 0.263. The molecule has 0 bridgehead atoms. The van der Waals surface area contributed by atoms with Crippen molar-refractivity contribution in [3.05, 3.63) is 58.0 Å². The van der Waals surface area contributed by atoms with Gasteiger partial charge in [-0.15, -0.1) is 11.3 Å². The maximum Gasteiger partial charge on any atom is 0.260 e. The lowest BCUT2D eigenvalue weighted by Crippen LogP contribution is -2.25. The zero-order valence-electron chi connectivity index (χ0n) is 15.2. The smallest absolute Gasteiger partial charge is 0.260 e. The number of likely N-dealkylation sites (N-methyl/N-ethyl adjacent to an activating group) is 1. The molecule has 1 aliphatic heterocycles. The largest absolute Gasteiger partial charge is 0.496 e. The van der Waals surface area contributed by atoms with E-state index in [1.807, 2.05) is 36.4 Å². The summed E-state index contributed by atoms with van der Waals surface area (Å²) in [4.78, 5) is 16.4. The van der Waals surface area contributed by atoms with E-state index >= 15 is 0 Å². The van der Waals surface area contributed by atoms with Gasteiger partial charge in [0.25, 0.3) is 5.91 Å². The molecule has 136 valence electrons. The monoisotopic (exact) mass is 377 g/mol. The normalized spacial score (nSPS) is 13.8. The molecule has 1 N–H and O–H groups in total. The summed E-state index contributed by atoms with van der Waals surface area (Å²) >= 11 is 1.49. The fraction of sp³-hybridized carbons (Fsp3) is 0.238. The number of carbonyl (C=O) groups is 1. The van der Waals surface area contributed by atoms with Gasteiger partial charge in [-0.1, -0.05) is 24.3 Å². The van der Waals surface area contributed by atoms with Crippen LogP contribution in [0.2, 0.25) is 0 Å². The molecule has 27 heavy (non-hydrogen) atoms. The van der Waals surface area contributed by atoms with Gasteiger partial charge in [0.15, 0.2) is 0 Å². The van der Waals surface area contributed by atoms with Crippen molar-refractivity contribution in [3.63, 3.8) is 0 Å². The first-order valence-corrected chi connectivity index (χ1v) is 9.53. The maximum absolute atomic E-state index is 13.0. The number of carbonyl (C=O) groups excluding carboxylic acids is 1. The molecule has 1 aliphatic rings. The summed E-state index contributed by atoms with van der Waals surface area (Å²) in [5.74, 6) is 0.256. The number of rotatable bonds is 3. The van der Waals surface area contributed by atoms with Crippen LogP contribution < -0.4 is 10.1 Å². The van der Waals surface area contributed by atoms with Gasteiger partial charge in [-0.3, -0.25) is 4.79 Å². The number of amides is 1. The molecule has 1 amide bonds. The number of ether oxygens (including phenoxy) is 1. The van der Waals surface area contributed by atoms with Crippen molar-refractivity contribution in [2.24, 2.45) is 0 Å². The first kappa shape index (κ1) is 17.5. The molecule has 0 aliphatic carbocycles. The molecule has 0 radical (unpaired) electrons. The van der Waals surface area contributed by atoms with E-state index in [1.165, 1.54) is 11.3 Å². The highest BCUT2D eigenvalue weighted by Gasteiger charge is 2.24. The lowest BCUT2D eigenvalue weighted by Gasteiger charge is -2.21. The third-order valence-corrected chi connectivity index (χ3v) is 6.03. The van der Waals surface area contributed by atoms with Crippen LogP contribution in [0.3, 0.4) is 0 Å². The van der Waals surface area contributed by atoms with Gasteiger partial charge in [0.1, 0.15) is 16.8 Å². The Bertz CT molecular complexity index is 1080. The van der Waals surface area contributed by atoms with E-state index < -0.39 is 0 Å². The molecule has 0 fully saturated rings. The second-order valence-electron chi connectivity index (χ2n) is 6.66. The summed E-state index contributed by atoms with van der Waals surface area (Å²) in [6.07, 6.45) is 0.834. The van der Waals surface area contributed by atoms with E-state index in [4.69, 9.17) is 4.74 Å². The van der Waals surface area contributed by atoms with Crippen molar-refractivity contribution in [1.29, 1.82) is 5.26 Å². The van der Waals surface area contributed by atoms with E-state index in [0.29, 0.717) is 21.9 Å². The predicted molar refractivity (Wildman–Crippen MR) is 108 cm³/mol. The van der Waals surface area contributed by atoms with Crippen LogP contribution >= 0.6 is 11.3 Å². The van der Waals surface area contributed by atoms with E-state index in [9.17, 15) is 10.1 Å². The zero-order chi connectivity index (χ0) is 19.0. The molecule has 4 rings (SSSR count). The summed E-state index contributed by atoms with van der Waals surface area (Å²) in [5.41, 5.74) is 2.13. The van der Waals surface area contributed by atoms with Crippen LogP contribution in [0.15, 0.2) is 36.4 Å². The van der Waals surface area contributed by atoms with E-state index in [2.05, 4.69) is 23.3 Å². The van der Waals surface area contributed by atoms with Crippen LogP contribution in [0.4, 0.5) is 5.00 Å². The van der Waals surface area contributed by atoms with Gasteiger partial charge in [-0.2, -0.15) is 5.26 Å². The molecular formula is C21H19N3O2S. The van der Waals surface area contributed by atoms with Crippen LogP contribution in [0, 0.1) is 11.3 Å². The Morgan fingerprint density at radius 3 is 2.74 bits per heavy atom. The number of fused-ring (bicyclic) bond motifs is 2. The molecule has 0 spiro atoms. The molecule has 0 saturated carbocycles. The second kappa shape index (κ2) is 7.03. The van der Waals surface area contributed by atoms with Crippen molar-refractivity contribution >= 4 is 33.0 Å². The highest BCUT2D eigenvalue weighted by molar-refractivity contribution is 7.16. The number of thiophene rings is 1. The average Bonchev–Trinajstić information content (AvgIpc) is 3.02. The molecular weight excluding hydrogens is 358 g/mol. The number of benzene rings is 2. The Kier molecular flexibility index (Phi) is 4.56. The van der Waals surface area contributed by atoms with Gasteiger partial charge in [0.05, 0.1) is 18.2 Å². The molecule has 2 aromatic carbocycles. The van der Waals surface area contributed by atoms with Gasteiger partial charge in [0, 0.05) is 18.0 Å². The number of hydrogen-bond acceptors (Lipinski definition) is 5. The first-order valence-electron chi connectivity index (χ1n) is 8.72. The minimum atomic E-state index is -0.263. The molecule has 0 unspecified atom stereocenters. The molecule has 3 aromatic rings. The lowest BCUT2D eigenvalue weighted by atomic mass is 10.0. The zero-order valence-corrected chi connectivity index (χ0v) is 16.0. The third kappa shape index (κ3) is 3.16. The Hall–Kier alpha value is -2.88. The SMILES string of the molecule is COc1cc2ccccc2cc1C(=O)Nc1sc2c(c1C#N)CCN(C)C2. The molecule has 0 atom stereocenters. The fourth-order valence-corrected chi connectivity index (χ4v) is 4.75. The molecule has 2 heterocycles. The average molecular weight is 377 g/mol. The Morgan fingerprint density at radius 2 is 2.04 bits per heavy atom. The van der Waals surface area contributed by atoms with E-state index in [1.54, 1.807) is 7.11 Å². The summed E-state index contributed by atoms with van der Waals surface area (Å²) < 4.78 is 5.44. The van der Waals surface area contributed by atoms with Gasteiger partial charge in [0.2, 0.25) is 0 Å². The van der Waals surface area contributed by atoms with Crippen LogP contribution in [0.25, 0.3) is 10.8 Å². The quantitative estimate of drug-likeness (QED) is 0.749. The Balaban J connectivity index is 1.71. The van der Waals surface area contributed by atoms with Crippen LogP contribution in [-0.2, 0) is 13.0 Å². The van der Waals surface area contributed by atoms with Crippen molar-refractivity contribution in [2.45, 2.75) is 13.0 Å². The third-order valence-electron chi connectivity index (χ3n) is 4.90. The summed E-state index contributed by atoms with van der Waals surface area (Å²) in [6.45, 7) is 1.73. The number of anilines is 1.